The summed E-state index contributed by atoms with van der Waals surface area (Å²) in [5.74, 6) is -0.423. The van der Waals surface area contributed by atoms with Gasteiger partial charge in [-0.1, -0.05) is 11.3 Å². The lowest BCUT2D eigenvalue weighted by atomic mass is 10.1. The molecule has 0 aliphatic heterocycles. The molecule has 1 atom stereocenters. The normalized spacial score (nSPS) is 12.8. The molecule has 0 fully saturated rings. The molecule has 17 heavy (non-hydrogen) atoms. The number of halogens is 3. The van der Waals surface area contributed by atoms with E-state index in [2.05, 4.69) is 42.2 Å². The number of benzene rings is 1. The molecule has 90 valence electrons. The standard InChI is InChI=1S/C10H8Br2FN3O/c1-16-8(10(12)14-15-16)9(17)5-2-3-6(11)7(13)4-5/h2-4,9,17H,1H3. The van der Waals surface area contributed by atoms with Crippen LogP contribution in [0.3, 0.4) is 0 Å². The van der Waals surface area contributed by atoms with Crippen LogP contribution in [0.5, 0.6) is 0 Å². The van der Waals surface area contributed by atoms with Crippen LogP contribution in [0.4, 0.5) is 4.39 Å². The van der Waals surface area contributed by atoms with Gasteiger partial charge < -0.3 is 5.11 Å². The third-order valence-electron chi connectivity index (χ3n) is 2.35. The average molecular weight is 365 g/mol. The number of nitrogens with zero attached hydrogens (tertiary/aromatic N) is 3. The first-order valence-electron chi connectivity index (χ1n) is 4.68. The summed E-state index contributed by atoms with van der Waals surface area (Å²) < 4.78 is 15.6. The Bertz CT molecular complexity index is 539. The molecule has 1 N–H and O–H groups in total. The molecule has 0 spiro atoms. The fourth-order valence-electron chi connectivity index (χ4n) is 1.47. The molecule has 0 amide bonds. The van der Waals surface area contributed by atoms with Gasteiger partial charge in [-0.2, -0.15) is 0 Å². The third kappa shape index (κ3) is 2.41. The third-order valence-corrected chi connectivity index (χ3v) is 3.55. The maximum atomic E-state index is 13.4. The zero-order valence-electron chi connectivity index (χ0n) is 8.73. The van der Waals surface area contributed by atoms with E-state index in [0.717, 1.165) is 0 Å². The van der Waals surface area contributed by atoms with Crippen LogP contribution in [-0.4, -0.2) is 20.1 Å². The predicted octanol–water partition coefficient (Wildman–Crippen LogP) is 2.56. The molecule has 0 aliphatic carbocycles. The summed E-state index contributed by atoms with van der Waals surface area (Å²) >= 11 is 6.25. The predicted molar refractivity (Wildman–Crippen MR) is 66.9 cm³/mol. The van der Waals surface area contributed by atoms with Gasteiger partial charge in [0.15, 0.2) is 4.60 Å². The molecule has 0 radical (unpaired) electrons. The van der Waals surface area contributed by atoms with E-state index >= 15 is 0 Å². The molecule has 0 aliphatic rings. The fraction of sp³-hybridized carbons (Fsp3) is 0.200. The highest BCUT2D eigenvalue weighted by Gasteiger charge is 2.20. The molecule has 1 aromatic carbocycles. The van der Waals surface area contributed by atoms with Gasteiger partial charge in [0, 0.05) is 7.05 Å². The van der Waals surface area contributed by atoms with Crippen LogP contribution in [0.25, 0.3) is 0 Å². The van der Waals surface area contributed by atoms with Crippen molar-refractivity contribution < 1.29 is 9.50 Å². The topological polar surface area (TPSA) is 50.9 Å². The molecule has 0 bridgehead atoms. The van der Waals surface area contributed by atoms with Crippen LogP contribution < -0.4 is 0 Å². The smallest absolute Gasteiger partial charge is 0.154 e. The molecule has 0 saturated heterocycles. The monoisotopic (exact) mass is 363 g/mol. The van der Waals surface area contributed by atoms with E-state index in [4.69, 9.17) is 0 Å². The molecule has 4 nitrogen and oxygen atoms in total. The Labute approximate surface area is 114 Å². The van der Waals surface area contributed by atoms with Gasteiger partial charge in [0.1, 0.15) is 17.6 Å². The van der Waals surface area contributed by atoms with Gasteiger partial charge in [0.05, 0.1) is 4.47 Å². The molecule has 2 rings (SSSR count). The summed E-state index contributed by atoms with van der Waals surface area (Å²) in [6.45, 7) is 0. The van der Waals surface area contributed by atoms with Crippen molar-refractivity contribution in [1.29, 1.82) is 0 Å². The van der Waals surface area contributed by atoms with Gasteiger partial charge in [-0.15, -0.1) is 5.10 Å². The van der Waals surface area contributed by atoms with Crippen molar-refractivity contribution in [2.24, 2.45) is 7.05 Å². The number of aliphatic hydroxyl groups is 1. The number of aryl methyl sites for hydroxylation is 1. The van der Waals surface area contributed by atoms with Crippen molar-refractivity contribution in [2.45, 2.75) is 6.10 Å². The Morgan fingerprint density at radius 2 is 2.12 bits per heavy atom. The Morgan fingerprint density at radius 1 is 1.41 bits per heavy atom. The zero-order valence-corrected chi connectivity index (χ0v) is 11.9. The Hall–Kier alpha value is -0.790. The Balaban J connectivity index is 2.43. The number of hydrogen-bond donors (Lipinski definition) is 1. The number of hydrogen-bond acceptors (Lipinski definition) is 3. The summed E-state index contributed by atoms with van der Waals surface area (Å²) in [7, 11) is 1.66. The van der Waals surface area contributed by atoms with Gasteiger partial charge in [0.2, 0.25) is 0 Å². The van der Waals surface area contributed by atoms with Gasteiger partial charge in [-0.25, -0.2) is 9.07 Å². The Kier molecular flexibility index (Phi) is 3.60. The number of rotatable bonds is 2. The summed E-state index contributed by atoms with van der Waals surface area (Å²) in [5, 5.41) is 17.7. The van der Waals surface area contributed by atoms with E-state index in [1.165, 1.54) is 10.7 Å². The zero-order chi connectivity index (χ0) is 12.6. The van der Waals surface area contributed by atoms with E-state index < -0.39 is 11.9 Å². The van der Waals surface area contributed by atoms with Crippen LogP contribution in [0.1, 0.15) is 17.4 Å². The van der Waals surface area contributed by atoms with E-state index in [-0.39, 0.29) is 0 Å². The van der Waals surface area contributed by atoms with E-state index in [1.807, 2.05) is 0 Å². The first kappa shape index (κ1) is 12.7. The number of aliphatic hydroxyl groups excluding tert-OH is 1. The first-order chi connectivity index (χ1) is 8.00. The average Bonchev–Trinajstić information content (AvgIpc) is 2.62. The fourth-order valence-corrected chi connectivity index (χ4v) is 2.26. The minimum Gasteiger partial charge on any atom is -0.382 e. The van der Waals surface area contributed by atoms with Crippen LogP contribution in [0, 0.1) is 5.82 Å². The van der Waals surface area contributed by atoms with Gasteiger partial charge in [-0.3, -0.25) is 0 Å². The lowest BCUT2D eigenvalue weighted by molar-refractivity contribution is 0.208. The minimum atomic E-state index is -0.980. The van der Waals surface area contributed by atoms with E-state index in [0.29, 0.717) is 20.3 Å². The lowest BCUT2D eigenvalue weighted by Crippen LogP contribution is -2.07. The molecular formula is C10H8Br2FN3O. The summed E-state index contributed by atoms with van der Waals surface area (Å²) in [6.07, 6.45) is -0.980. The molecule has 7 heteroatoms. The quantitative estimate of drug-likeness (QED) is 0.890. The van der Waals surface area contributed by atoms with E-state index in [1.54, 1.807) is 19.2 Å². The second-order valence-electron chi connectivity index (χ2n) is 3.47. The SMILES string of the molecule is Cn1nnc(Br)c1C(O)c1ccc(Br)c(F)c1. The highest BCUT2D eigenvalue weighted by Crippen LogP contribution is 2.28. The van der Waals surface area contributed by atoms with Gasteiger partial charge >= 0.3 is 0 Å². The van der Waals surface area contributed by atoms with Crippen molar-refractivity contribution in [3.63, 3.8) is 0 Å². The molecule has 0 saturated carbocycles. The van der Waals surface area contributed by atoms with Crippen molar-refractivity contribution in [1.82, 2.24) is 15.0 Å². The maximum Gasteiger partial charge on any atom is 0.154 e. The van der Waals surface area contributed by atoms with Crippen LogP contribution in [-0.2, 0) is 7.05 Å². The van der Waals surface area contributed by atoms with Crippen LogP contribution in [0.15, 0.2) is 27.3 Å². The minimum absolute atomic E-state index is 0.357. The highest BCUT2D eigenvalue weighted by atomic mass is 79.9. The van der Waals surface area contributed by atoms with Gasteiger partial charge in [-0.05, 0) is 49.6 Å². The van der Waals surface area contributed by atoms with Crippen molar-refractivity contribution >= 4 is 31.9 Å². The molecule has 2 aromatic rings. The lowest BCUT2D eigenvalue weighted by Gasteiger charge is -2.11. The summed E-state index contributed by atoms with van der Waals surface area (Å²) in [6, 6.07) is 4.46. The van der Waals surface area contributed by atoms with Crippen LogP contribution in [0.2, 0.25) is 0 Å². The van der Waals surface area contributed by atoms with E-state index in [9.17, 15) is 9.50 Å². The second-order valence-corrected chi connectivity index (χ2v) is 5.07. The Morgan fingerprint density at radius 3 is 2.65 bits per heavy atom. The number of aromatic nitrogens is 3. The van der Waals surface area contributed by atoms with Crippen molar-refractivity contribution in [3.8, 4) is 0 Å². The molecule has 1 unspecified atom stereocenters. The first-order valence-corrected chi connectivity index (χ1v) is 6.27. The molecule has 1 heterocycles. The summed E-state index contributed by atoms with van der Waals surface area (Å²) in [4.78, 5) is 0. The largest absolute Gasteiger partial charge is 0.382 e. The van der Waals surface area contributed by atoms with Crippen molar-refractivity contribution in [3.05, 3.63) is 44.3 Å². The second kappa shape index (κ2) is 4.83. The van der Waals surface area contributed by atoms with Crippen molar-refractivity contribution in [2.75, 3.05) is 0 Å². The highest BCUT2D eigenvalue weighted by molar-refractivity contribution is 9.10. The maximum absolute atomic E-state index is 13.4. The summed E-state index contributed by atoms with van der Waals surface area (Å²) in [5.41, 5.74) is 0.920. The van der Waals surface area contributed by atoms with Crippen LogP contribution >= 0.6 is 31.9 Å². The molecule has 1 aromatic heterocycles. The van der Waals surface area contributed by atoms with Gasteiger partial charge in [0.25, 0.3) is 0 Å². The molecular weight excluding hydrogens is 357 g/mol.